The number of rotatable bonds is 5. The van der Waals surface area contributed by atoms with Gasteiger partial charge in [-0.25, -0.2) is 4.39 Å². The van der Waals surface area contributed by atoms with Crippen molar-refractivity contribution in [2.45, 2.75) is 25.4 Å². The largest absolute Gasteiger partial charge is 0.419 e. The van der Waals surface area contributed by atoms with Crippen LogP contribution >= 0.6 is 0 Å². The van der Waals surface area contributed by atoms with Gasteiger partial charge in [0.25, 0.3) is 5.91 Å². The van der Waals surface area contributed by atoms with Crippen molar-refractivity contribution in [3.63, 3.8) is 0 Å². The molecule has 0 aliphatic rings. The molecule has 0 saturated heterocycles. The Morgan fingerprint density at radius 1 is 1.24 bits per heavy atom. The first-order chi connectivity index (χ1) is 9.70. The molecule has 8 heteroatoms. The molecule has 1 aromatic carbocycles. The quantitative estimate of drug-likeness (QED) is 0.672. The smallest absolute Gasteiger partial charge is 0.354 e. The van der Waals surface area contributed by atoms with Gasteiger partial charge in [0.2, 0.25) is 0 Å². The van der Waals surface area contributed by atoms with Crippen LogP contribution in [0, 0.1) is 5.82 Å². The summed E-state index contributed by atoms with van der Waals surface area (Å²) < 4.78 is 60.7. The Bertz CT molecular complexity index is 501. The van der Waals surface area contributed by atoms with E-state index in [9.17, 15) is 22.4 Å². The van der Waals surface area contributed by atoms with Gasteiger partial charge in [0.05, 0.1) is 11.6 Å². The fraction of sp³-hybridized carbons (Fsp3) is 0.462. The summed E-state index contributed by atoms with van der Waals surface area (Å²) in [6.45, 7) is 1.56. The summed E-state index contributed by atoms with van der Waals surface area (Å²) in [5.41, 5.74) is -1.79. The van der Waals surface area contributed by atoms with Crippen molar-refractivity contribution in [1.29, 1.82) is 0 Å². The van der Waals surface area contributed by atoms with Crippen LogP contribution in [0.15, 0.2) is 18.2 Å². The first-order valence-corrected chi connectivity index (χ1v) is 5.94. The van der Waals surface area contributed by atoms with E-state index in [0.717, 1.165) is 6.07 Å². The Hall–Kier alpha value is -1.67. The van der Waals surface area contributed by atoms with Gasteiger partial charge < -0.3 is 14.8 Å². The lowest BCUT2D eigenvalue weighted by Crippen LogP contribution is -2.43. The van der Waals surface area contributed by atoms with Gasteiger partial charge in [-0.1, -0.05) is 0 Å². The Morgan fingerprint density at radius 3 is 2.29 bits per heavy atom. The molecule has 0 fully saturated rings. The van der Waals surface area contributed by atoms with E-state index in [1.165, 1.54) is 14.2 Å². The van der Waals surface area contributed by atoms with Gasteiger partial charge in [0.15, 0.2) is 6.29 Å². The second kappa shape index (κ2) is 6.86. The van der Waals surface area contributed by atoms with E-state index in [2.05, 4.69) is 5.32 Å². The third-order valence-corrected chi connectivity index (χ3v) is 2.77. The molecule has 0 aromatic heterocycles. The average Bonchev–Trinajstić information content (AvgIpc) is 2.39. The number of benzene rings is 1. The van der Waals surface area contributed by atoms with Crippen LogP contribution in [0.2, 0.25) is 0 Å². The van der Waals surface area contributed by atoms with Crippen LogP contribution in [-0.4, -0.2) is 32.5 Å². The van der Waals surface area contributed by atoms with E-state index in [-0.39, 0.29) is 5.56 Å². The van der Waals surface area contributed by atoms with Crippen LogP contribution in [0.5, 0.6) is 0 Å². The number of carbonyl (C=O) groups excluding carboxylic acids is 1. The average molecular weight is 309 g/mol. The minimum atomic E-state index is -4.87. The summed E-state index contributed by atoms with van der Waals surface area (Å²) >= 11 is 0. The third-order valence-electron chi connectivity index (χ3n) is 2.77. The van der Waals surface area contributed by atoms with Crippen molar-refractivity contribution < 1.29 is 31.8 Å². The lowest BCUT2D eigenvalue weighted by molar-refractivity contribution is -0.140. The highest BCUT2D eigenvalue weighted by Crippen LogP contribution is 2.31. The van der Waals surface area contributed by atoms with Gasteiger partial charge in [-0.3, -0.25) is 4.79 Å². The summed E-state index contributed by atoms with van der Waals surface area (Å²) in [4.78, 5) is 11.9. The number of carbonyl (C=O) groups is 1. The van der Waals surface area contributed by atoms with Crippen molar-refractivity contribution >= 4 is 5.91 Å². The summed E-state index contributed by atoms with van der Waals surface area (Å²) in [5.74, 6) is -2.22. The topological polar surface area (TPSA) is 47.6 Å². The number of alkyl halides is 3. The number of halogens is 4. The fourth-order valence-corrected chi connectivity index (χ4v) is 1.75. The monoisotopic (exact) mass is 309 g/mol. The Morgan fingerprint density at radius 2 is 1.81 bits per heavy atom. The predicted octanol–water partition coefficient (Wildman–Crippen LogP) is 2.58. The number of methoxy groups -OCH3 is 2. The van der Waals surface area contributed by atoms with Crippen molar-refractivity contribution in [3.8, 4) is 0 Å². The zero-order valence-electron chi connectivity index (χ0n) is 11.6. The summed E-state index contributed by atoms with van der Waals surface area (Å²) in [5, 5.41) is 2.42. The maximum atomic E-state index is 13.1. The molecule has 1 N–H and O–H groups in total. The van der Waals surface area contributed by atoms with Gasteiger partial charge in [-0.15, -0.1) is 0 Å². The number of nitrogens with one attached hydrogen (secondary N) is 1. The summed E-state index contributed by atoms with van der Waals surface area (Å²) in [6, 6.07) is 1.44. The molecule has 1 aromatic rings. The van der Waals surface area contributed by atoms with Crippen molar-refractivity contribution in [2.24, 2.45) is 0 Å². The minimum absolute atomic E-state index is 0.304. The molecule has 1 amide bonds. The van der Waals surface area contributed by atoms with Crippen LogP contribution < -0.4 is 5.32 Å². The van der Waals surface area contributed by atoms with Crippen molar-refractivity contribution in [3.05, 3.63) is 35.1 Å². The van der Waals surface area contributed by atoms with E-state index in [0.29, 0.717) is 12.1 Å². The van der Waals surface area contributed by atoms with Crippen molar-refractivity contribution in [2.75, 3.05) is 14.2 Å². The molecule has 118 valence electrons. The van der Waals surface area contributed by atoms with Crippen LogP contribution in [-0.2, 0) is 15.7 Å². The molecule has 0 aliphatic heterocycles. The summed E-state index contributed by atoms with van der Waals surface area (Å²) in [6.07, 6.45) is -5.62. The number of hydrogen-bond donors (Lipinski definition) is 1. The molecule has 0 spiro atoms. The molecule has 21 heavy (non-hydrogen) atoms. The van der Waals surface area contributed by atoms with E-state index in [1.807, 2.05) is 0 Å². The first-order valence-electron chi connectivity index (χ1n) is 5.94. The fourth-order valence-electron chi connectivity index (χ4n) is 1.75. The maximum absolute atomic E-state index is 13.1. The molecule has 0 saturated carbocycles. The molecule has 1 rings (SSSR count). The second-order valence-corrected chi connectivity index (χ2v) is 4.29. The van der Waals surface area contributed by atoms with E-state index in [4.69, 9.17) is 9.47 Å². The Kier molecular flexibility index (Phi) is 5.68. The number of hydrogen-bond acceptors (Lipinski definition) is 3. The SMILES string of the molecule is COC(OC)C(C)NC(=O)c1ccc(F)c(C(F)(F)F)c1. The zero-order chi connectivity index (χ0) is 16.2. The molecule has 0 bridgehead atoms. The molecule has 4 nitrogen and oxygen atoms in total. The second-order valence-electron chi connectivity index (χ2n) is 4.29. The van der Waals surface area contributed by atoms with Gasteiger partial charge in [-0.2, -0.15) is 13.2 Å². The maximum Gasteiger partial charge on any atom is 0.419 e. The first kappa shape index (κ1) is 17.4. The molecule has 0 heterocycles. The van der Waals surface area contributed by atoms with Gasteiger partial charge in [0, 0.05) is 19.8 Å². The molecule has 1 atom stereocenters. The highest BCUT2D eigenvalue weighted by Gasteiger charge is 2.34. The van der Waals surface area contributed by atoms with Gasteiger partial charge in [0.1, 0.15) is 5.82 Å². The van der Waals surface area contributed by atoms with E-state index >= 15 is 0 Å². The zero-order valence-corrected chi connectivity index (χ0v) is 11.6. The molecule has 0 aliphatic carbocycles. The normalized spacial score (nSPS) is 13.3. The minimum Gasteiger partial charge on any atom is -0.354 e. The lowest BCUT2D eigenvalue weighted by Gasteiger charge is -2.22. The van der Waals surface area contributed by atoms with Gasteiger partial charge >= 0.3 is 6.18 Å². The van der Waals surface area contributed by atoms with Gasteiger partial charge in [-0.05, 0) is 25.1 Å². The predicted molar refractivity (Wildman–Crippen MR) is 66.1 cm³/mol. The van der Waals surface area contributed by atoms with Crippen LogP contribution in [0.25, 0.3) is 0 Å². The standard InChI is InChI=1S/C13H15F4NO3/c1-7(12(20-2)21-3)18-11(19)8-4-5-10(14)9(6-8)13(15,16)17/h4-7,12H,1-3H3,(H,18,19). The van der Waals surface area contributed by atoms with Crippen molar-refractivity contribution in [1.82, 2.24) is 5.32 Å². The molecular weight excluding hydrogens is 294 g/mol. The molecule has 0 radical (unpaired) electrons. The Balaban J connectivity index is 2.94. The van der Waals surface area contributed by atoms with Crippen LogP contribution in [0.1, 0.15) is 22.8 Å². The van der Waals surface area contributed by atoms with E-state index < -0.39 is 35.8 Å². The van der Waals surface area contributed by atoms with Crippen LogP contribution in [0.3, 0.4) is 0 Å². The summed E-state index contributed by atoms with van der Waals surface area (Å²) in [7, 11) is 2.72. The highest BCUT2D eigenvalue weighted by molar-refractivity contribution is 5.94. The van der Waals surface area contributed by atoms with Crippen LogP contribution in [0.4, 0.5) is 17.6 Å². The molecule has 1 unspecified atom stereocenters. The number of amides is 1. The lowest BCUT2D eigenvalue weighted by atomic mass is 10.1. The Labute approximate surface area is 119 Å². The number of ether oxygens (including phenoxy) is 2. The van der Waals surface area contributed by atoms with E-state index in [1.54, 1.807) is 6.92 Å². The third kappa shape index (κ3) is 4.40. The molecular formula is C13H15F4NO3. The highest BCUT2D eigenvalue weighted by atomic mass is 19.4.